The number of carbonyl (C=O) groups excluding carboxylic acids is 3. The normalized spacial score (nSPS) is 27.8. The summed E-state index contributed by atoms with van der Waals surface area (Å²) in [6.45, 7) is 0.0469. The van der Waals surface area contributed by atoms with E-state index in [0.717, 1.165) is 19.3 Å². The molecule has 1 aliphatic heterocycles. The number of hydrogen-bond donors (Lipinski definition) is 1. The fourth-order valence-electron chi connectivity index (χ4n) is 5.01. The van der Waals surface area contributed by atoms with Crippen LogP contribution in [0, 0.1) is 33.8 Å². The van der Waals surface area contributed by atoms with Gasteiger partial charge in [0.2, 0.25) is 17.7 Å². The number of methoxy groups -OCH3 is 1. The molecule has 0 unspecified atom stereocenters. The van der Waals surface area contributed by atoms with Crippen molar-refractivity contribution >= 4 is 29.1 Å². The average molecular weight is 387 g/mol. The van der Waals surface area contributed by atoms with E-state index >= 15 is 0 Å². The second-order valence-electron chi connectivity index (χ2n) is 7.65. The fourth-order valence-corrected chi connectivity index (χ4v) is 5.01. The maximum absolute atomic E-state index is 12.6. The lowest BCUT2D eigenvalue weighted by atomic mass is 9.81. The van der Waals surface area contributed by atoms with Crippen LogP contribution >= 0.6 is 0 Å². The molecule has 0 spiro atoms. The first kappa shape index (κ1) is 18.4. The molecule has 0 radical (unpaired) electrons. The van der Waals surface area contributed by atoms with E-state index in [0.29, 0.717) is 17.5 Å². The molecule has 0 aromatic heterocycles. The van der Waals surface area contributed by atoms with Gasteiger partial charge in [-0.15, -0.1) is 0 Å². The quantitative estimate of drug-likeness (QED) is 0.453. The summed E-state index contributed by atoms with van der Waals surface area (Å²) in [6.07, 6.45) is 2.96. The number of ether oxygens (including phenoxy) is 1. The number of carbonyl (C=O) groups is 3. The second-order valence-corrected chi connectivity index (χ2v) is 7.65. The number of nitro benzene ring substituents is 1. The molecular formula is C19H21N3O6. The lowest BCUT2D eigenvalue weighted by Crippen LogP contribution is -2.35. The van der Waals surface area contributed by atoms with Crippen LogP contribution in [0.1, 0.15) is 25.7 Å². The van der Waals surface area contributed by atoms with Crippen molar-refractivity contribution in [3.8, 4) is 5.75 Å². The Morgan fingerprint density at radius 3 is 2.46 bits per heavy atom. The summed E-state index contributed by atoms with van der Waals surface area (Å²) in [7, 11) is 1.35. The number of fused-ring (bicyclic) bond motifs is 5. The minimum atomic E-state index is -0.553. The van der Waals surface area contributed by atoms with Crippen LogP contribution in [0.25, 0.3) is 0 Å². The molecule has 1 N–H and O–H groups in total. The van der Waals surface area contributed by atoms with E-state index in [4.69, 9.17) is 4.74 Å². The predicted molar refractivity (Wildman–Crippen MR) is 97.4 cm³/mol. The average Bonchev–Trinajstić information content (AvgIpc) is 3.35. The minimum absolute atomic E-state index is 0.0353. The number of imide groups is 1. The summed E-state index contributed by atoms with van der Waals surface area (Å²) >= 11 is 0. The van der Waals surface area contributed by atoms with Crippen molar-refractivity contribution in [3.05, 3.63) is 28.3 Å². The van der Waals surface area contributed by atoms with Crippen molar-refractivity contribution in [2.45, 2.75) is 25.7 Å². The van der Waals surface area contributed by atoms with E-state index in [1.165, 1.54) is 30.2 Å². The summed E-state index contributed by atoms with van der Waals surface area (Å²) in [5.74, 6) is -0.252. The molecule has 9 nitrogen and oxygen atoms in total. The Morgan fingerprint density at radius 2 is 1.89 bits per heavy atom. The van der Waals surface area contributed by atoms with Crippen LogP contribution in [0.5, 0.6) is 5.75 Å². The van der Waals surface area contributed by atoms with Crippen LogP contribution < -0.4 is 10.1 Å². The topological polar surface area (TPSA) is 119 Å². The molecule has 148 valence electrons. The van der Waals surface area contributed by atoms with Gasteiger partial charge in [-0.3, -0.25) is 29.4 Å². The Labute approximate surface area is 161 Å². The van der Waals surface area contributed by atoms with Crippen LogP contribution in [-0.2, 0) is 14.4 Å². The third-order valence-corrected chi connectivity index (χ3v) is 6.25. The number of nitrogens with zero attached hydrogens (tertiary/aromatic N) is 2. The molecule has 4 atom stereocenters. The van der Waals surface area contributed by atoms with Crippen molar-refractivity contribution in [3.63, 3.8) is 0 Å². The van der Waals surface area contributed by atoms with E-state index in [2.05, 4.69) is 5.32 Å². The SMILES string of the molecule is COc1cc([N+](=O)[O-])ccc1NC(=O)CCN1C(=O)[C@@H]2[C@H]3CC[C@@H](C3)[C@@H]2C1=O. The van der Waals surface area contributed by atoms with Gasteiger partial charge in [0.1, 0.15) is 5.75 Å². The highest BCUT2D eigenvalue weighted by atomic mass is 16.6. The first-order chi connectivity index (χ1) is 13.4. The molecule has 4 rings (SSSR count). The zero-order chi connectivity index (χ0) is 20.0. The van der Waals surface area contributed by atoms with Crippen LogP contribution in [0.15, 0.2) is 18.2 Å². The van der Waals surface area contributed by atoms with Crippen LogP contribution in [0.4, 0.5) is 11.4 Å². The summed E-state index contributed by atoms with van der Waals surface area (Å²) in [5, 5.41) is 13.5. The van der Waals surface area contributed by atoms with Crippen molar-refractivity contribution in [1.82, 2.24) is 4.90 Å². The van der Waals surface area contributed by atoms with E-state index in [9.17, 15) is 24.5 Å². The summed E-state index contributed by atoms with van der Waals surface area (Å²) < 4.78 is 5.09. The number of nitrogens with one attached hydrogen (secondary N) is 1. The van der Waals surface area contributed by atoms with E-state index < -0.39 is 10.8 Å². The largest absolute Gasteiger partial charge is 0.494 e. The molecule has 1 aromatic rings. The lowest BCUT2D eigenvalue weighted by molar-refractivity contribution is -0.384. The molecule has 2 bridgehead atoms. The van der Waals surface area contributed by atoms with Gasteiger partial charge in [-0.25, -0.2) is 0 Å². The van der Waals surface area contributed by atoms with Gasteiger partial charge in [-0.2, -0.15) is 0 Å². The van der Waals surface area contributed by atoms with Crippen molar-refractivity contribution in [1.29, 1.82) is 0 Å². The zero-order valence-electron chi connectivity index (χ0n) is 15.4. The minimum Gasteiger partial charge on any atom is -0.494 e. The van der Waals surface area contributed by atoms with Gasteiger partial charge < -0.3 is 10.1 Å². The van der Waals surface area contributed by atoms with Crippen LogP contribution in [0.2, 0.25) is 0 Å². The molecule has 9 heteroatoms. The number of nitro groups is 1. The molecular weight excluding hydrogens is 366 g/mol. The number of rotatable bonds is 6. The number of hydrogen-bond acceptors (Lipinski definition) is 6. The number of anilines is 1. The molecule has 3 aliphatic rings. The molecule has 3 fully saturated rings. The van der Waals surface area contributed by atoms with Crippen LogP contribution in [-0.4, -0.2) is 41.2 Å². The summed E-state index contributed by atoms with van der Waals surface area (Å²) in [5.41, 5.74) is 0.149. The highest BCUT2D eigenvalue weighted by molar-refractivity contribution is 6.06. The zero-order valence-corrected chi connectivity index (χ0v) is 15.4. The van der Waals surface area contributed by atoms with Gasteiger partial charge in [0.25, 0.3) is 5.69 Å². The van der Waals surface area contributed by atoms with Gasteiger partial charge in [-0.1, -0.05) is 0 Å². The molecule has 1 saturated heterocycles. The number of benzene rings is 1. The smallest absolute Gasteiger partial charge is 0.273 e. The Hall–Kier alpha value is -2.97. The van der Waals surface area contributed by atoms with Gasteiger partial charge in [0.05, 0.1) is 35.6 Å². The Morgan fingerprint density at radius 1 is 1.25 bits per heavy atom. The third-order valence-electron chi connectivity index (χ3n) is 6.25. The summed E-state index contributed by atoms with van der Waals surface area (Å²) in [4.78, 5) is 49.1. The Bertz CT molecular complexity index is 841. The lowest BCUT2D eigenvalue weighted by Gasteiger charge is -2.19. The predicted octanol–water partition coefficient (Wildman–Crippen LogP) is 1.96. The second kappa shape index (κ2) is 6.88. The highest BCUT2D eigenvalue weighted by Crippen LogP contribution is 2.56. The monoisotopic (exact) mass is 387 g/mol. The van der Waals surface area contributed by atoms with Gasteiger partial charge in [0.15, 0.2) is 0 Å². The van der Waals surface area contributed by atoms with E-state index in [1.807, 2.05) is 0 Å². The number of non-ortho nitro benzene ring substituents is 1. The Balaban J connectivity index is 1.38. The number of amides is 3. The molecule has 1 aromatic carbocycles. The Kier molecular flexibility index (Phi) is 4.52. The fraction of sp³-hybridized carbons (Fsp3) is 0.526. The van der Waals surface area contributed by atoms with Gasteiger partial charge in [-0.05, 0) is 37.2 Å². The van der Waals surface area contributed by atoms with Gasteiger partial charge in [0, 0.05) is 19.0 Å². The van der Waals surface area contributed by atoms with E-state index in [-0.39, 0.29) is 48.1 Å². The first-order valence-electron chi connectivity index (χ1n) is 9.38. The van der Waals surface area contributed by atoms with Crippen LogP contribution in [0.3, 0.4) is 0 Å². The maximum atomic E-state index is 12.6. The van der Waals surface area contributed by atoms with Crippen molar-refractivity contribution in [2.75, 3.05) is 19.0 Å². The maximum Gasteiger partial charge on any atom is 0.273 e. The summed E-state index contributed by atoms with van der Waals surface area (Å²) in [6, 6.07) is 3.88. The van der Waals surface area contributed by atoms with E-state index in [1.54, 1.807) is 0 Å². The molecule has 28 heavy (non-hydrogen) atoms. The molecule has 1 heterocycles. The van der Waals surface area contributed by atoms with Gasteiger partial charge >= 0.3 is 0 Å². The van der Waals surface area contributed by atoms with Crippen molar-refractivity contribution in [2.24, 2.45) is 23.7 Å². The molecule has 2 saturated carbocycles. The highest BCUT2D eigenvalue weighted by Gasteiger charge is 2.60. The first-order valence-corrected chi connectivity index (χ1v) is 9.38. The standard InChI is InChI=1S/C19H21N3O6/c1-28-14-9-12(22(26)27)4-5-13(14)20-15(23)6-7-21-18(24)16-10-2-3-11(8-10)17(16)19(21)25/h4-5,9-11,16-17H,2-3,6-8H2,1H3,(H,20,23)/t10-,11-,16-,17+/m0/s1. The molecule has 2 aliphatic carbocycles. The molecule has 3 amide bonds. The third kappa shape index (κ3) is 2.90. The number of likely N-dealkylation sites (tertiary alicyclic amines) is 1. The van der Waals surface area contributed by atoms with Crippen molar-refractivity contribution < 1.29 is 24.0 Å².